The predicted octanol–water partition coefficient (Wildman–Crippen LogP) is 2.42. The second-order valence-corrected chi connectivity index (χ2v) is 7.36. The smallest absolute Gasteiger partial charge is 0.242 e. The molecule has 6 heteroatoms. The van der Waals surface area contributed by atoms with Crippen LogP contribution in [0.1, 0.15) is 31.4 Å². The van der Waals surface area contributed by atoms with Gasteiger partial charge in [-0.25, -0.2) is 0 Å². The van der Waals surface area contributed by atoms with Crippen molar-refractivity contribution >= 4 is 23.4 Å². The Morgan fingerprint density at radius 3 is 2.41 bits per heavy atom. The Labute approximate surface area is 171 Å². The van der Waals surface area contributed by atoms with Crippen LogP contribution in [0.3, 0.4) is 0 Å². The molecule has 1 saturated heterocycles. The van der Waals surface area contributed by atoms with Gasteiger partial charge < -0.3 is 15.5 Å². The van der Waals surface area contributed by atoms with Gasteiger partial charge in [0.1, 0.15) is 6.04 Å². The lowest BCUT2D eigenvalue weighted by Gasteiger charge is -2.18. The van der Waals surface area contributed by atoms with Gasteiger partial charge >= 0.3 is 0 Å². The van der Waals surface area contributed by atoms with Crippen LogP contribution < -0.4 is 15.5 Å². The van der Waals surface area contributed by atoms with E-state index in [0.717, 1.165) is 17.7 Å². The Hall–Kier alpha value is -3.15. The first kappa shape index (κ1) is 20.6. The van der Waals surface area contributed by atoms with Crippen molar-refractivity contribution in [3.05, 3.63) is 65.7 Å². The molecule has 3 amide bonds. The molecule has 1 aliphatic heterocycles. The maximum atomic E-state index is 12.6. The summed E-state index contributed by atoms with van der Waals surface area (Å²) in [6, 6.07) is 16.7. The topological polar surface area (TPSA) is 78.5 Å². The van der Waals surface area contributed by atoms with Crippen molar-refractivity contribution < 1.29 is 14.4 Å². The second-order valence-electron chi connectivity index (χ2n) is 7.36. The average Bonchev–Trinajstić information content (AvgIpc) is 3.14. The first-order chi connectivity index (χ1) is 14.0. The van der Waals surface area contributed by atoms with Crippen LogP contribution in [0.15, 0.2) is 54.6 Å². The molecule has 0 spiro atoms. The summed E-state index contributed by atoms with van der Waals surface area (Å²) in [7, 11) is 0. The van der Waals surface area contributed by atoms with Gasteiger partial charge in [0.2, 0.25) is 17.7 Å². The zero-order chi connectivity index (χ0) is 20.8. The van der Waals surface area contributed by atoms with Crippen molar-refractivity contribution in [1.29, 1.82) is 0 Å². The van der Waals surface area contributed by atoms with E-state index in [1.165, 1.54) is 5.56 Å². The molecule has 0 radical (unpaired) electrons. The van der Waals surface area contributed by atoms with Gasteiger partial charge in [-0.05, 0) is 36.6 Å². The molecular formula is C23H27N3O3. The van der Waals surface area contributed by atoms with Crippen LogP contribution in [0.4, 0.5) is 5.69 Å². The Morgan fingerprint density at radius 1 is 1.07 bits per heavy atom. The second kappa shape index (κ2) is 9.37. The van der Waals surface area contributed by atoms with Gasteiger partial charge in [-0.1, -0.05) is 49.4 Å². The van der Waals surface area contributed by atoms with Gasteiger partial charge in [0.15, 0.2) is 0 Å². The molecule has 2 aromatic carbocycles. The molecule has 1 fully saturated rings. The molecule has 6 nitrogen and oxygen atoms in total. The fourth-order valence-corrected chi connectivity index (χ4v) is 3.38. The Bertz CT molecular complexity index is 865. The van der Waals surface area contributed by atoms with Crippen LogP contribution in [0.2, 0.25) is 0 Å². The highest BCUT2D eigenvalue weighted by atomic mass is 16.2. The van der Waals surface area contributed by atoms with E-state index in [4.69, 9.17) is 0 Å². The maximum Gasteiger partial charge on any atom is 0.242 e. The molecule has 2 aromatic rings. The zero-order valence-corrected chi connectivity index (χ0v) is 16.9. The van der Waals surface area contributed by atoms with E-state index in [1.807, 2.05) is 54.6 Å². The minimum atomic E-state index is -0.667. The number of hydrogen-bond donors (Lipinski definition) is 2. The summed E-state index contributed by atoms with van der Waals surface area (Å²) in [6.07, 6.45) is 1.09. The molecular weight excluding hydrogens is 366 g/mol. The number of carbonyl (C=O) groups excluding carboxylic acids is 3. The SMILES string of the molecule is CCc1ccc(N2CC(C(=O)NC(C)C(=O)NCc3ccccc3)CC2=O)cc1. The first-order valence-corrected chi connectivity index (χ1v) is 9.99. The van der Waals surface area contributed by atoms with Gasteiger partial charge in [0.25, 0.3) is 0 Å². The molecule has 3 rings (SSSR count). The molecule has 0 aromatic heterocycles. The molecule has 152 valence electrons. The third kappa shape index (κ3) is 5.22. The van der Waals surface area contributed by atoms with E-state index in [-0.39, 0.29) is 24.1 Å². The lowest BCUT2D eigenvalue weighted by Crippen LogP contribution is -2.46. The molecule has 2 unspecified atom stereocenters. The van der Waals surface area contributed by atoms with E-state index in [2.05, 4.69) is 17.6 Å². The largest absolute Gasteiger partial charge is 0.350 e. The maximum absolute atomic E-state index is 12.6. The minimum Gasteiger partial charge on any atom is -0.350 e. The first-order valence-electron chi connectivity index (χ1n) is 9.99. The van der Waals surface area contributed by atoms with Crippen molar-refractivity contribution in [2.24, 2.45) is 5.92 Å². The van der Waals surface area contributed by atoms with Crippen LogP contribution in [-0.4, -0.2) is 30.3 Å². The monoisotopic (exact) mass is 393 g/mol. The van der Waals surface area contributed by atoms with Gasteiger partial charge in [0, 0.05) is 25.2 Å². The molecule has 0 bridgehead atoms. The quantitative estimate of drug-likeness (QED) is 0.758. The standard InChI is InChI=1S/C23H27N3O3/c1-3-17-9-11-20(12-10-17)26-15-19(13-21(26)27)23(29)25-16(2)22(28)24-14-18-7-5-4-6-8-18/h4-12,16,19H,3,13-15H2,1-2H3,(H,24,28)(H,25,29). The van der Waals surface area contributed by atoms with Crippen LogP contribution >= 0.6 is 0 Å². The van der Waals surface area contributed by atoms with Crippen molar-refractivity contribution in [2.75, 3.05) is 11.4 Å². The summed E-state index contributed by atoms with van der Waals surface area (Å²) < 4.78 is 0. The summed E-state index contributed by atoms with van der Waals surface area (Å²) in [5, 5.41) is 5.56. The number of carbonyl (C=O) groups is 3. The third-order valence-electron chi connectivity index (χ3n) is 5.21. The Morgan fingerprint density at radius 2 is 1.76 bits per heavy atom. The number of aryl methyl sites for hydroxylation is 1. The summed E-state index contributed by atoms with van der Waals surface area (Å²) in [5.41, 5.74) is 2.99. The molecule has 2 N–H and O–H groups in total. The number of benzene rings is 2. The molecule has 0 saturated carbocycles. The van der Waals surface area contributed by atoms with E-state index < -0.39 is 12.0 Å². The molecule has 1 aliphatic rings. The van der Waals surface area contributed by atoms with E-state index in [1.54, 1.807) is 11.8 Å². The third-order valence-corrected chi connectivity index (χ3v) is 5.21. The van der Waals surface area contributed by atoms with Gasteiger partial charge in [0.05, 0.1) is 5.92 Å². The average molecular weight is 393 g/mol. The van der Waals surface area contributed by atoms with Crippen molar-refractivity contribution in [3.63, 3.8) is 0 Å². The van der Waals surface area contributed by atoms with Gasteiger partial charge in [-0.15, -0.1) is 0 Å². The van der Waals surface area contributed by atoms with E-state index in [9.17, 15) is 14.4 Å². The van der Waals surface area contributed by atoms with Gasteiger partial charge in [-0.3, -0.25) is 14.4 Å². The van der Waals surface area contributed by atoms with E-state index >= 15 is 0 Å². The van der Waals surface area contributed by atoms with Crippen LogP contribution in [0.25, 0.3) is 0 Å². The summed E-state index contributed by atoms with van der Waals surface area (Å²) in [6.45, 7) is 4.46. The lowest BCUT2D eigenvalue weighted by molar-refractivity contribution is -0.131. The number of rotatable bonds is 7. The van der Waals surface area contributed by atoms with Crippen molar-refractivity contribution in [3.8, 4) is 0 Å². The zero-order valence-electron chi connectivity index (χ0n) is 16.9. The normalized spacial score (nSPS) is 17.1. The fourth-order valence-electron chi connectivity index (χ4n) is 3.38. The molecule has 2 atom stereocenters. The molecule has 29 heavy (non-hydrogen) atoms. The van der Waals surface area contributed by atoms with E-state index in [0.29, 0.717) is 13.1 Å². The number of nitrogens with one attached hydrogen (secondary N) is 2. The van der Waals surface area contributed by atoms with Crippen LogP contribution in [0, 0.1) is 5.92 Å². The Balaban J connectivity index is 1.52. The van der Waals surface area contributed by atoms with Gasteiger partial charge in [-0.2, -0.15) is 0 Å². The molecule has 1 heterocycles. The van der Waals surface area contributed by atoms with Crippen LogP contribution in [0.5, 0.6) is 0 Å². The highest BCUT2D eigenvalue weighted by Gasteiger charge is 2.36. The number of nitrogens with zero attached hydrogens (tertiary/aromatic N) is 1. The highest BCUT2D eigenvalue weighted by Crippen LogP contribution is 2.25. The number of amides is 3. The number of hydrogen-bond acceptors (Lipinski definition) is 3. The highest BCUT2D eigenvalue weighted by molar-refractivity contribution is 6.01. The van der Waals surface area contributed by atoms with Crippen molar-refractivity contribution in [1.82, 2.24) is 10.6 Å². The van der Waals surface area contributed by atoms with Crippen LogP contribution in [-0.2, 0) is 27.3 Å². The summed E-state index contributed by atoms with van der Waals surface area (Å²) in [5.74, 6) is -1.06. The predicted molar refractivity (Wildman–Crippen MR) is 112 cm³/mol. The van der Waals surface area contributed by atoms with Crippen molar-refractivity contribution in [2.45, 2.75) is 39.3 Å². The fraction of sp³-hybridized carbons (Fsp3) is 0.348. The number of anilines is 1. The summed E-state index contributed by atoms with van der Waals surface area (Å²) >= 11 is 0. The summed E-state index contributed by atoms with van der Waals surface area (Å²) in [4.78, 5) is 38.9. The Kier molecular flexibility index (Phi) is 6.65. The minimum absolute atomic E-state index is 0.0735. The lowest BCUT2D eigenvalue weighted by atomic mass is 10.1. The molecule has 0 aliphatic carbocycles.